The van der Waals surface area contributed by atoms with Gasteiger partial charge in [0.2, 0.25) is 0 Å². The Labute approximate surface area is 128 Å². The highest BCUT2D eigenvalue weighted by atomic mass is 35.5. The van der Waals surface area contributed by atoms with Crippen LogP contribution in [0.3, 0.4) is 0 Å². The van der Waals surface area contributed by atoms with Gasteiger partial charge in [0.25, 0.3) is 0 Å². The molecule has 0 fully saturated rings. The van der Waals surface area contributed by atoms with Crippen molar-refractivity contribution >= 4 is 17.3 Å². The lowest BCUT2D eigenvalue weighted by atomic mass is 10.1. The number of nitrogens with zero attached hydrogens (tertiary/aromatic N) is 1. The fourth-order valence-electron chi connectivity index (χ4n) is 1.90. The van der Waals surface area contributed by atoms with Crippen molar-refractivity contribution in [3.63, 3.8) is 0 Å². The molecule has 2 rings (SSSR count). The molecule has 0 saturated heterocycles. The van der Waals surface area contributed by atoms with Crippen LogP contribution in [-0.2, 0) is 0 Å². The van der Waals surface area contributed by atoms with E-state index in [1.54, 1.807) is 31.4 Å². The Morgan fingerprint density at radius 2 is 2.14 bits per heavy atom. The van der Waals surface area contributed by atoms with E-state index in [2.05, 4.69) is 5.32 Å². The topological polar surface area (TPSA) is 65.3 Å². The van der Waals surface area contributed by atoms with Gasteiger partial charge in [0.15, 0.2) is 0 Å². The lowest BCUT2D eigenvalue weighted by Crippen LogP contribution is -2.12. The summed E-state index contributed by atoms with van der Waals surface area (Å²) in [5, 5.41) is 22.5. The van der Waals surface area contributed by atoms with Gasteiger partial charge in [-0.2, -0.15) is 5.26 Å². The quantitative estimate of drug-likeness (QED) is 0.889. The summed E-state index contributed by atoms with van der Waals surface area (Å²) in [4.78, 5) is 0. The Morgan fingerprint density at radius 3 is 2.81 bits per heavy atom. The molecular weight excluding hydrogens is 288 g/mol. The number of hydrogen-bond acceptors (Lipinski definition) is 4. The molecule has 0 spiro atoms. The van der Waals surface area contributed by atoms with Crippen LogP contribution in [-0.4, -0.2) is 18.8 Å². The van der Waals surface area contributed by atoms with Crippen molar-refractivity contribution in [3.8, 4) is 11.8 Å². The number of rotatable bonds is 5. The van der Waals surface area contributed by atoms with Crippen LogP contribution in [0.25, 0.3) is 0 Å². The summed E-state index contributed by atoms with van der Waals surface area (Å²) in [7, 11) is 1.58. The van der Waals surface area contributed by atoms with E-state index in [0.29, 0.717) is 28.6 Å². The second kappa shape index (κ2) is 6.98. The predicted molar refractivity (Wildman–Crippen MR) is 82.6 cm³/mol. The van der Waals surface area contributed by atoms with Crippen molar-refractivity contribution < 1.29 is 9.84 Å². The molecule has 1 atom stereocenters. The first-order valence-corrected chi connectivity index (χ1v) is 6.77. The molecule has 0 aromatic heterocycles. The van der Waals surface area contributed by atoms with Crippen LogP contribution in [0.5, 0.6) is 5.75 Å². The first-order valence-electron chi connectivity index (χ1n) is 6.39. The van der Waals surface area contributed by atoms with Crippen molar-refractivity contribution in [2.24, 2.45) is 0 Å². The van der Waals surface area contributed by atoms with Gasteiger partial charge >= 0.3 is 0 Å². The summed E-state index contributed by atoms with van der Waals surface area (Å²) in [5.41, 5.74) is 1.93. The average Bonchev–Trinajstić information content (AvgIpc) is 2.53. The van der Waals surface area contributed by atoms with Gasteiger partial charge in [-0.1, -0.05) is 23.7 Å². The van der Waals surface area contributed by atoms with Gasteiger partial charge in [0, 0.05) is 6.54 Å². The van der Waals surface area contributed by atoms with E-state index in [1.807, 2.05) is 24.3 Å². The third-order valence-electron chi connectivity index (χ3n) is 3.06. The summed E-state index contributed by atoms with van der Waals surface area (Å²) in [5.74, 6) is 0.697. The molecule has 21 heavy (non-hydrogen) atoms. The zero-order valence-corrected chi connectivity index (χ0v) is 12.3. The van der Waals surface area contributed by atoms with E-state index in [9.17, 15) is 5.11 Å². The smallest absolute Gasteiger partial charge is 0.119 e. The van der Waals surface area contributed by atoms with E-state index in [4.69, 9.17) is 21.6 Å². The first-order chi connectivity index (χ1) is 10.1. The lowest BCUT2D eigenvalue weighted by Gasteiger charge is -2.15. The molecule has 5 heteroatoms. The monoisotopic (exact) mass is 302 g/mol. The third kappa shape index (κ3) is 3.88. The molecule has 0 aliphatic rings. The minimum Gasteiger partial charge on any atom is -0.497 e. The van der Waals surface area contributed by atoms with Crippen LogP contribution in [0.4, 0.5) is 5.69 Å². The van der Waals surface area contributed by atoms with Crippen LogP contribution in [0, 0.1) is 11.3 Å². The van der Waals surface area contributed by atoms with Gasteiger partial charge in [-0.25, -0.2) is 0 Å². The summed E-state index contributed by atoms with van der Waals surface area (Å²) in [6.07, 6.45) is -0.688. The minimum absolute atomic E-state index is 0.304. The number of anilines is 1. The molecule has 4 nitrogen and oxygen atoms in total. The number of hydrogen-bond donors (Lipinski definition) is 2. The number of nitriles is 1. The normalized spacial score (nSPS) is 11.5. The second-order valence-electron chi connectivity index (χ2n) is 4.48. The van der Waals surface area contributed by atoms with Crippen molar-refractivity contribution in [2.75, 3.05) is 19.0 Å². The average molecular weight is 303 g/mol. The fraction of sp³-hybridized carbons (Fsp3) is 0.188. The Balaban J connectivity index is 2.04. The molecule has 2 N–H and O–H groups in total. The molecule has 108 valence electrons. The minimum atomic E-state index is -0.688. The molecule has 0 radical (unpaired) electrons. The van der Waals surface area contributed by atoms with Gasteiger partial charge in [0.1, 0.15) is 5.75 Å². The maximum absolute atomic E-state index is 10.2. The molecule has 0 amide bonds. The summed E-state index contributed by atoms with van der Waals surface area (Å²) in [6, 6.07) is 14.3. The first kappa shape index (κ1) is 15.2. The molecule has 2 aromatic carbocycles. The highest BCUT2D eigenvalue weighted by Crippen LogP contribution is 2.24. The number of aliphatic hydroxyl groups excluding tert-OH is 1. The Kier molecular flexibility index (Phi) is 5.04. The Morgan fingerprint density at radius 1 is 1.33 bits per heavy atom. The second-order valence-corrected chi connectivity index (χ2v) is 4.89. The zero-order valence-electron chi connectivity index (χ0n) is 11.5. The molecular formula is C16H15ClN2O2. The Hall–Kier alpha value is -2.22. The number of benzene rings is 2. The van der Waals surface area contributed by atoms with Gasteiger partial charge < -0.3 is 15.2 Å². The molecule has 0 aliphatic heterocycles. The zero-order chi connectivity index (χ0) is 15.2. The molecule has 2 aromatic rings. The largest absolute Gasteiger partial charge is 0.497 e. The van der Waals surface area contributed by atoms with Crippen molar-refractivity contribution in [1.82, 2.24) is 0 Å². The van der Waals surface area contributed by atoms with E-state index < -0.39 is 6.10 Å². The maximum Gasteiger partial charge on any atom is 0.119 e. The van der Waals surface area contributed by atoms with E-state index >= 15 is 0 Å². The standard InChI is InChI=1S/C16H15ClN2O2/c1-21-13-4-2-3-12(8-13)16(20)10-19-15-6-5-11(9-18)7-14(15)17/h2-8,16,19-20H,10H2,1H3. The molecule has 0 heterocycles. The summed E-state index contributed by atoms with van der Waals surface area (Å²) < 4.78 is 5.13. The van der Waals surface area contributed by atoms with Crippen LogP contribution in [0.1, 0.15) is 17.2 Å². The number of nitrogens with one attached hydrogen (secondary N) is 1. The summed E-state index contributed by atoms with van der Waals surface area (Å²) in [6.45, 7) is 0.304. The van der Waals surface area contributed by atoms with Crippen molar-refractivity contribution in [1.29, 1.82) is 5.26 Å². The summed E-state index contributed by atoms with van der Waals surface area (Å²) >= 11 is 6.07. The van der Waals surface area contributed by atoms with Crippen molar-refractivity contribution in [3.05, 3.63) is 58.6 Å². The molecule has 0 bridgehead atoms. The van der Waals surface area contributed by atoms with Crippen LogP contribution >= 0.6 is 11.6 Å². The van der Waals surface area contributed by atoms with Gasteiger partial charge in [-0.3, -0.25) is 0 Å². The van der Waals surface area contributed by atoms with Crippen LogP contribution in [0.2, 0.25) is 5.02 Å². The maximum atomic E-state index is 10.2. The van der Waals surface area contributed by atoms with E-state index in [-0.39, 0.29) is 0 Å². The lowest BCUT2D eigenvalue weighted by molar-refractivity contribution is 0.191. The SMILES string of the molecule is COc1cccc(C(O)CNc2ccc(C#N)cc2Cl)c1. The number of methoxy groups -OCH3 is 1. The molecule has 0 aliphatic carbocycles. The van der Waals surface area contributed by atoms with Crippen molar-refractivity contribution in [2.45, 2.75) is 6.10 Å². The van der Waals surface area contributed by atoms with Gasteiger partial charge in [-0.15, -0.1) is 0 Å². The van der Waals surface area contributed by atoms with E-state index in [0.717, 1.165) is 5.56 Å². The number of aliphatic hydroxyl groups is 1. The molecule has 1 unspecified atom stereocenters. The number of halogens is 1. The molecule has 0 saturated carbocycles. The fourth-order valence-corrected chi connectivity index (χ4v) is 2.15. The van der Waals surface area contributed by atoms with Gasteiger partial charge in [-0.05, 0) is 35.9 Å². The third-order valence-corrected chi connectivity index (χ3v) is 3.38. The highest BCUT2D eigenvalue weighted by Gasteiger charge is 2.09. The highest BCUT2D eigenvalue weighted by molar-refractivity contribution is 6.33. The van der Waals surface area contributed by atoms with Gasteiger partial charge in [0.05, 0.1) is 35.6 Å². The van der Waals surface area contributed by atoms with Crippen LogP contribution in [0.15, 0.2) is 42.5 Å². The van der Waals surface area contributed by atoms with Crippen LogP contribution < -0.4 is 10.1 Å². The predicted octanol–water partition coefficient (Wildman–Crippen LogP) is 3.37. The van der Waals surface area contributed by atoms with E-state index in [1.165, 1.54) is 0 Å². The Bertz CT molecular complexity index is 668. The number of ether oxygens (including phenoxy) is 1.